The number of benzene rings is 3. The molecule has 1 heterocycles. The molecule has 34 heavy (non-hydrogen) atoms. The smallest absolute Gasteiger partial charge is 0.263 e. The summed E-state index contributed by atoms with van der Waals surface area (Å²) >= 11 is 1.19. The van der Waals surface area contributed by atoms with Crippen LogP contribution >= 0.6 is 11.3 Å². The number of rotatable bonds is 6. The molecule has 0 atom stereocenters. The minimum Gasteiger partial charge on any atom is -0.326 e. The van der Waals surface area contributed by atoms with Crippen molar-refractivity contribution in [1.82, 2.24) is 4.98 Å². The monoisotopic (exact) mass is 494 g/mol. The summed E-state index contributed by atoms with van der Waals surface area (Å²) in [6, 6.07) is 16.7. The summed E-state index contributed by atoms with van der Waals surface area (Å²) < 4.78 is 28.7. The molecule has 4 rings (SSSR count). The highest BCUT2D eigenvalue weighted by Crippen LogP contribution is 2.32. The summed E-state index contributed by atoms with van der Waals surface area (Å²) in [6.45, 7) is 5.15. The van der Waals surface area contributed by atoms with Crippen molar-refractivity contribution in [2.24, 2.45) is 0 Å². The van der Waals surface area contributed by atoms with Gasteiger partial charge in [-0.25, -0.2) is 13.4 Å². The Labute approximate surface area is 201 Å². The number of thiazole rings is 1. The maximum absolute atomic E-state index is 12.7. The van der Waals surface area contributed by atoms with Crippen molar-refractivity contribution in [1.29, 1.82) is 0 Å². The summed E-state index contributed by atoms with van der Waals surface area (Å²) in [5, 5.41) is 5.75. The number of carbonyl (C=O) groups is 2. The number of nitrogens with one attached hydrogen (secondary N) is 3. The average Bonchev–Trinajstić information content (AvgIpc) is 3.16. The SMILES string of the molecule is CC(=O)Nc1ccc(C(=O)Nc2cc(C)c3nc(NS(=O)(=O)c4ccc(C)cc4)sc3c2)cc1. The van der Waals surface area contributed by atoms with Crippen LogP contribution in [0.5, 0.6) is 0 Å². The predicted octanol–water partition coefficient (Wildman–Crippen LogP) is 4.92. The Balaban J connectivity index is 1.54. The van der Waals surface area contributed by atoms with Crippen LogP contribution in [0, 0.1) is 13.8 Å². The van der Waals surface area contributed by atoms with E-state index in [1.807, 2.05) is 13.8 Å². The molecule has 8 nitrogen and oxygen atoms in total. The molecular weight excluding hydrogens is 472 g/mol. The van der Waals surface area contributed by atoms with Gasteiger partial charge < -0.3 is 10.6 Å². The molecular formula is C24H22N4O4S2. The van der Waals surface area contributed by atoms with E-state index in [9.17, 15) is 18.0 Å². The molecule has 2 amide bonds. The van der Waals surface area contributed by atoms with Crippen LogP contribution in [0.25, 0.3) is 10.2 Å². The number of fused-ring (bicyclic) bond motifs is 1. The number of aryl methyl sites for hydroxylation is 2. The topological polar surface area (TPSA) is 117 Å². The summed E-state index contributed by atoms with van der Waals surface area (Å²) in [5.74, 6) is -0.496. The fraction of sp³-hybridized carbons (Fsp3) is 0.125. The molecule has 0 aliphatic rings. The lowest BCUT2D eigenvalue weighted by molar-refractivity contribution is -0.114. The molecule has 0 saturated carbocycles. The van der Waals surface area contributed by atoms with Crippen molar-refractivity contribution in [3.63, 3.8) is 0 Å². The first kappa shape index (κ1) is 23.4. The number of nitrogens with zero attached hydrogens (tertiary/aromatic N) is 1. The maximum atomic E-state index is 12.7. The summed E-state index contributed by atoms with van der Waals surface area (Å²) in [5.41, 5.74) is 4.02. The van der Waals surface area contributed by atoms with E-state index in [0.29, 0.717) is 22.5 Å². The summed E-state index contributed by atoms with van der Waals surface area (Å²) in [6.07, 6.45) is 0. The zero-order valence-corrected chi connectivity index (χ0v) is 20.3. The van der Waals surface area contributed by atoms with Crippen LogP contribution in [0.15, 0.2) is 65.6 Å². The molecule has 174 valence electrons. The molecule has 0 aliphatic carbocycles. The first-order chi connectivity index (χ1) is 16.1. The van der Waals surface area contributed by atoms with Crippen LogP contribution in [0.1, 0.15) is 28.4 Å². The third-order valence-corrected chi connectivity index (χ3v) is 7.37. The van der Waals surface area contributed by atoms with E-state index in [4.69, 9.17) is 0 Å². The van der Waals surface area contributed by atoms with E-state index < -0.39 is 10.0 Å². The van der Waals surface area contributed by atoms with Crippen molar-refractivity contribution < 1.29 is 18.0 Å². The van der Waals surface area contributed by atoms with E-state index in [-0.39, 0.29) is 21.8 Å². The first-order valence-electron chi connectivity index (χ1n) is 10.3. The number of aromatic nitrogens is 1. The Hall–Kier alpha value is -3.76. The first-order valence-corrected chi connectivity index (χ1v) is 12.6. The van der Waals surface area contributed by atoms with Crippen LogP contribution in [-0.2, 0) is 14.8 Å². The number of carbonyl (C=O) groups excluding carboxylic acids is 2. The standard InChI is InChI=1S/C24H22N4O4S2/c1-14-4-10-20(11-5-14)34(31,32)28-24-27-22-15(2)12-19(13-21(22)33-24)26-23(30)17-6-8-18(9-7-17)25-16(3)29/h4-13H,1-3H3,(H,25,29)(H,26,30)(H,27,28). The predicted molar refractivity (Wildman–Crippen MR) is 135 cm³/mol. The second kappa shape index (κ2) is 9.24. The molecule has 0 radical (unpaired) electrons. The van der Waals surface area contributed by atoms with Crippen molar-refractivity contribution in [2.45, 2.75) is 25.7 Å². The Morgan fingerprint density at radius 3 is 2.21 bits per heavy atom. The number of hydrogen-bond donors (Lipinski definition) is 3. The second-order valence-electron chi connectivity index (χ2n) is 7.79. The minimum absolute atomic E-state index is 0.159. The van der Waals surface area contributed by atoms with Gasteiger partial charge in [-0.15, -0.1) is 0 Å². The van der Waals surface area contributed by atoms with Gasteiger partial charge in [0.15, 0.2) is 5.13 Å². The quantitative estimate of drug-likeness (QED) is 0.352. The van der Waals surface area contributed by atoms with Crippen LogP contribution in [0.2, 0.25) is 0 Å². The Bertz CT molecular complexity index is 1490. The van der Waals surface area contributed by atoms with Crippen LogP contribution in [0.4, 0.5) is 16.5 Å². The molecule has 0 spiro atoms. The van der Waals surface area contributed by atoms with Crippen LogP contribution in [-0.4, -0.2) is 25.2 Å². The molecule has 0 bridgehead atoms. The maximum Gasteiger partial charge on any atom is 0.263 e. The molecule has 0 aliphatic heterocycles. The summed E-state index contributed by atoms with van der Waals surface area (Å²) in [4.78, 5) is 28.4. The normalized spacial score (nSPS) is 11.3. The lowest BCUT2D eigenvalue weighted by Gasteiger charge is -2.08. The van der Waals surface area contributed by atoms with Gasteiger partial charge in [0.2, 0.25) is 5.91 Å². The largest absolute Gasteiger partial charge is 0.326 e. The Kier molecular flexibility index (Phi) is 6.36. The zero-order chi connectivity index (χ0) is 24.5. The number of amides is 2. The number of sulfonamides is 1. The fourth-order valence-corrected chi connectivity index (χ4v) is 5.53. The molecule has 3 N–H and O–H groups in total. The molecule has 0 fully saturated rings. The average molecular weight is 495 g/mol. The molecule has 0 unspecified atom stereocenters. The van der Waals surface area contributed by atoms with Gasteiger partial charge in [-0.1, -0.05) is 29.0 Å². The number of anilines is 3. The van der Waals surface area contributed by atoms with Crippen LogP contribution < -0.4 is 15.4 Å². The van der Waals surface area contributed by atoms with E-state index in [0.717, 1.165) is 15.8 Å². The van der Waals surface area contributed by atoms with E-state index >= 15 is 0 Å². The lowest BCUT2D eigenvalue weighted by Crippen LogP contribution is -2.12. The Morgan fingerprint density at radius 2 is 1.56 bits per heavy atom. The third-order valence-electron chi connectivity index (χ3n) is 4.96. The highest BCUT2D eigenvalue weighted by Gasteiger charge is 2.18. The van der Waals surface area contributed by atoms with Crippen molar-refractivity contribution >= 4 is 59.9 Å². The van der Waals surface area contributed by atoms with Gasteiger partial charge in [-0.2, -0.15) is 0 Å². The highest BCUT2D eigenvalue weighted by molar-refractivity contribution is 7.93. The van der Waals surface area contributed by atoms with Gasteiger partial charge in [-0.3, -0.25) is 14.3 Å². The van der Waals surface area contributed by atoms with Gasteiger partial charge in [0.1, 0.15) is 0 Å². The van der Waals surface area contributed by atoms with Gasteiger partial charge in [0.05, 0.1) is 15.1 Å². The van der Waals surface area contributed by atoms with Gasteiger partial charge in [0, 0.05) is 23.9 Å². The fourth-order valence-electron chi connectivity index (χ4n) is 3.32. The van der Waals surface area contributed by atoms with Crippen molar-refractivity contribution in [3.8, 4) is 0 Å². The number of hydrogen-bond acceptors (Lipinski definition) is 6. The summed E-state index contributed by atoms with van der Waals surface area (Å²) in [7, 11) is -3.76. The molecule has 10 heteroatoms. The van der Waals surface area contributed by atoms with Gasteiger partial charge >= 0.3 is 0 Å². The highest BCUT2D eigenvalue weighted by atomic mass is 32.2. The van der Waals surface area contributed by atoms with Gasteiger partial charge in [-0.05, 0) is 67.9 Å². The Morgan fingerprint density at radius 1 is 0.882 bits per heavy atom. The molecule has 3 aromatic carbocycles. The van der Waals surface area contributed by atoms with Crippen LogP contribution in [0.3, 0.4) is 0 Å². The molecule has 1 aromatic heterocycles. The second-order valence-corrected chi connectivity index (χ2v) is 10.5. The lowest BCUT2D eigenvalue weighted by atomic mass is 10.1. The van der Waals surface area contributed by atoms with Crippen molar-refractivity contribution in [3.05, 3.63) is 77.4 Å². The van der Waals surface area contributed by atoms with Gasteiger partial charge in [0.25, 0.3) is 15.9 Å². The molecule has 0 saturated heterocycles. The third kappa shape index (κ3) is 5.24. The van der Waals surface area contributed by atoms with Crippen molar-refractivity contribution in [2.75, 3.05) is 15.4 Å². The zero-order valence-electron chi connectivity index (χ0n) is 18.7. The van der Waals surface area contributed by atoms with E-state index in [1.54, 1.807) is 60.7 Å². The minimum atomic E-state index is -3.76. The molecule has 4 aromatic rings. The van der Waals surface area contributed by atoms with E-state index in [2.05, 4.69) is 20.3 Å². The van der Waals surface area contributed by atoms with E-state index in [1.165, 1.54) is 18.3 Å².